The number of anilines is 1. The average Bonchev–Trinajstić information content (AvgIpc) is 3.43. The van der Waals surface area contributed by atoms with Crippen molar-refractivity contribution in [3.63, 3.8) is 0 Å². The largest absolute Gasteiger partial charge is 0.389 e. The number of aliphatic hydroxyl groups excluding tert-OH is 2. The number of rotatable bonds is 4. The summed E-state index contributed by atoms with van der Waals surface area (Å²) in [5.74, 6) is -2.42. The topological polar surface area (TPSA) is 108 Å². The first-order valence-corrected chi connectivity index (χ1v) is 12.2. The molecule has 1 unspecified atom stereocenters. The number of alkyl halides is 1. The summed E-state index contributed by atoms with van der Waals surface area (Å²) in [6, 6.07) is 3.99. The van der Waals surface area contributed by atoms with Crippen LogP contribution in [0, 0.1) is 17.6 Å². The molecule has 1 aliphatic heterocycles. The predicted octanol–water partition coefficient (Wildman–Crippen LogP) is 2.48. The highest BCUT2D eigenvalue weighted by Crippen LogP contribution is 2.54. The minimum Gasteiger partial charge on any atom is -0.389 e. The van der Waals surface area contributed by atoms with Crippen molar-refractivity contribution in [2.45, 2.75) is 43.2 Å². The molecule has 3 aromatic rings. The number of nitrogens with one attached hydrogen (secondary N) is 1. The molecule has 2 bridgehead atoms. The first kappa shape index (κ1) is 24.2. The lowest BCUT2D eigenvalue weighted by atomic mass is 9.81. The van der Waals surface area contributed by atoms with Gasteiger partial charge in [0.2, 0.25) is 5.43 Å². The molecule has 0 spiro atoms. The maximum atomic E-state index is 15.0. The number of carbonyl (C=O) groups is 1. The van der Waals surface area contributed by atoms with Crippen LogP contribution in [0.5, 0.6) is 0 Å². The number of fused-ring (bicyclic) bond motifs is 2. The van der Waals surface area contributed by atoms with E-state index in [2.05, 4.69) is 10.3 Å². The van der Waals surface area contributed by atoms with Gasteiger partial charge in [-0.05, 0) is 37.0 Å². The van der Waals surface area contributed by atoms with Crippen molar-refractivity contribution in [3.8, 4) is 5.69 Å². The van der Waals surface area contributed by atoms with Crippen LogP contribution >= 0.6 is 11.6 Å². The lowest BCUT2D eigenvalue weighted by molar-refractivity contribution is 0.0572. The highest BCUT2D eigenvalue weighted by Gasteiger charge is 2.57. The molecule has 4 fully saturated rings. The molecule has 1 aromatic carbocycles. The van der Waals surface area contributed by atoms with E-state index in [1.54, 1.807) is 4.90 Å². The van der Waals surface area contributed by atoms with E-state index in [4.69, 9.17) is 11.6 Å². The molecule has 8 nitrogen and oxygen atoms in total. The van der Waals surface area contributed by atoms with Crippen molar-refractivity contribution >= 4 is 34.4 Å². The van der Waals surface area contributed by atoms with Crippen LogP contribution < -0.4 is 15.6 Å². The molecular weight excluding hydrogens is 513 g/mol. The van der Waals surface area contributed by atoms with Gasteiger partial charge in [-0.3, -0.25) is 14.2 Å². The first-order valence-electron chi connectivity index (χ1n) is 11.9. The van der Waals surface area contributed by atoms with Gasteiger partial charge in [-0.1, -0.05) is 11.6 Å². The zero-order valence-electron chi connectivity index (χ0n) is 19.3. The average molecular weight is 535 g/mol. The highest BCUT2D eigenvalue weighted by molar-refractivity contribution is 6.32. The standard InChI is InChI=1S/C25H22ClF3N4O4/c26-15-3-12(27)4-16(28)21(15)33-8-14(24(37)30-17-7-25(29)5-11(17)6-25)22(36)13-1-2-20(31-23(13)33)32-9-18(34)19(35)10-32/h1-4,8,11,17-19,34-35H,5-7,9-10H2,(H,30,37)/t11?,17?,18-,19-,25?/m1/s1. The predicted molar refractivity (Wildman–Crippen MR) is 129 cm³/mol. The van der Waals surface area contributed by atoms with Crippen LogP contribution in [-0.4, -0.2) is 62.7 Å². The molecule has 1 amide bonds. The second kappa shape index (κ2) is 8.44. The fourth-order valence-corrected chi connectivity index (χ4v) is 6.02. The molecule has 0 radical (unpaired) electrons. The summed E-state index contributed by atoms with van der Waals surface area (Å²) in [7, 11) is 0. The Balaban J connectivity index is 1.49. The number of halogens is 4. The summed E-state index contributed by atoms with van der Waals surface area (Å²) >= 11 is 6.20. The fraction of sp³-hybridized carbons (Fsp3) is 0.400. The van der Waals surface area contributed by atoms with Crippen LogP contribution in [0.2, 0.25) is 5.02 Å². The Morgan fingerprint density at radius 1 is 1.14 bits per heavy atom. The summed E-state index contributed by atoms with van der Waals surface area (Å²) in [6.45, 7) is 0.156. The number of aromatic nitrogens is 2. The smallest absolute Gasteiger partial charge is 0.257 e. The van der Waals surface area contributed by atoms with Gasteiger partial charge in [0.25, 0.3) is 5.91 Å². The Kier molecular flexibility index (Phi) is 5.52. The Labute approximate surface area is 213 Å². The molecule has 194 valence electrons. The van der Waals surface area contributed by atoms with Crippen LogP contribution in [-0.2, 0) is 0 Å². The summed E-state index contributed by atoms with van der Waals surface area (Å²) in [4.78, 5) is 32.6. The third-order valence-corrected chi connectivity index (χ3v) is 7.90. The number of pyridine rings is 2. The van der Waals surface area contributed by atoms with Gasteiger partial charge in [-0.25, -0.2) is 18.2 Å². The number of amides is 1. The number of hydrogen-bond donors (Lipinski definition) is 3. The van der Waals surface area contributed by atoms with Gasteiger partial charge in [0.05, 0.1) is 22.6 Å². The molecule has 3 heterocycles. The van der Waals surface area contributed by atoms with Crippen molar-refractivity contribution < 1.29 is 28.2 Å². The van der Waals surface area contributed by atoms with E-state index < -0.39 is 46.9 Å². The molecule has 3 N–H and O–H groups in total. The number of hydrogen-bond acceptors (Lipinski definition) is 6. The monoisotopic (exact) mass is 534 g/mol. The van der Waals surface area contributed by atoms with Crippen LogP contribution in [0.25, 0.3) is 16.7 Å². The molecular formula is C25H22ClF3N4O4. The Bertz CT molecular complexity index is 1480. The molecule has 3 atom stereocenters. The summed E-state index contributed by atoms with van der Waals surface area (Å²) in [5.41, 5.74) is -2.67. The molecule has 3 saturated carbocycles. The highest BCUT2D eigenvalue weighted by atomic mass is 35.5. The minimum absolute atomic E-state index is 0.00370. The van der Waals surface area contributed by atoms with E-state index in [0.29, 0.717) is 18.9 Å². The second-order valence-corrected chi connectivity index (χ2v) is 10.6. The summed E-state index contributed by atoms with van der Waals surface area (Å²) in [5, 5.41) is 22.2. The molecule has 1 saturated heterocycles. The van der Waals surface area contributed by atoms with E-state index in [1.807, 2.05) is 0 Å². The third kappa shape index (κ3) is 3.96. The Hall–Kier alpha value is -3.15. The van der Waals surface area contributed by atoms with E-state index in [1.165, 1.54) is 12.1 Å². The minimum atomic E-state index is -1.28. The molecule has 3 aliphatic carbocycles. The van der Waals surface area contributed by atoms with E-state index in [9.17, 15) is 28.6 Å². The van der Waals surface area contributed by atoms with E-state index in [0.717, 1.165) is 16.8 Å². The third-order valence-electron chi connectivity index (χ3n) is 7.61. The van der Waals surface area contributed by atoms with Crippen molar-refractivity contribution in [3.05, 3.63) is 62.9 Å². The number of benzene rings is 1. The maximum Gasteiger partial charge on any atom is 0.257 e. The first-order chi connectivity index (χ1) is 17.5. The number of β-amino-alcohol motifs (C(OH)–C–C–N with tert-alkyl or cyclic N) is 2. The van der Waals surface area contributed by atoms with E-state index in [-0.39, 0.29) is 58.6 Å². The van der Waals surface area contributed by atoms with Crippen molar-refractivity contribution in [2.75, 3.05) is 18.0 Å². The van der Waals surface area contributed by atoms with Crippen molar-refractivity contribution in [1.82, 2.24) is 14.9 Å². The normalized spacial score (nSPS) is 28.5. The van der Waals surface area contributed by atoms with Gasteiger partial charge in [0.15, 0.2) is 11.5 Å². The zero-order valence-corrected chi connectivity index (χ0v) is 20.1. The van der Waals surface area contributed by atoms with Crippen LogP contribution in [0.3, 0.4) is 0 Å². The number of aliphatic hydroxyl groups is 2. The van der Waals surface area contributed by atoms with Crippen LogP contribution in [0.1, 0.15) is 29.6 Å². The van der Waals surface area contributed by atoms with Gasteiger partial charge >= 0.3 is 0 Å². The number of nitrogens with zero attached hydrogens (tertiary/aromatic N) is 3. The quantitative estimate of drug-likeness (QED) is 0.475. The van der Waals surface area contributed by atoms with Gasteiger partial charge in [0, 0.05) is 37.8 Å². The van der Waals surface area contributed by atoms with Gasteiger partial charge in [-0.2, -0.15) is 0 Å². The zero-order chi connectivity index (χ0) is 26.2. The van der Waals surface area contributed by atoms with E-state index >= 15 is 4.39 Å². The molecule has 7 rings (SSSR count). The lowest BCUT2D eigenvalue weighted by Crippen LogP contribution is -2.39. The maximum absolute atomic E-state index is 15.0. The summed E-state index contributed by atoms with van der Waals surface area (Å²) < 4.78 is 44.3. The molecule has 2 aromatic heterocycles. The van der Waals surface area contributed by atoms with Crippen LogP contribution in [0.15, 0.2) is 35.3 Å². The van der Waals surface area contributed by atoms with Crippen molar-refractivity contribution in [2.24, 2.45) is 5.92 Å². The van der Waals surface area contributed by atoms with Crippen molar-refractivity contribution in [1.29, 1.82) is 0 Å². The molecule has 12 heteroatoms. The SMILES string of the molecule is O=C(NC1CC2(F)CC1C2)c1cn(-c2c(F)cc(F)cc2Cl)c2nc(N3C[C@@H](O)[C@H](O)C3)ccc2c1=O. The Morgan fingerprint density at radius 2 is 1.84 bits per heavy atom. The number of carbonyl (C=O) groups excluding carboxylic acids is 1. The van der Waals surface area contributed by atoms with Gasteiger partial charge in [0.1, 0.15) is 28.6 Å². The van der Waals surface area contributed by atoms with Gasteiger partial charge in [-0.15, -0.1) is 0 Å². The second-order valence-electron chi connectivity index (χ2n) is 10.1. The summed E-state index contributed by atoms with van der Waals surface area (Å²) in [6.07, 6.45) is -0.00916. The van der Waals surface area contributed by atoms with Gasteiger partial charge < -0.3 is 20.4 Å². The lowest BCUT2D eigenvalue weighted by Gasteiger charge is -2.30. The van der Waals surface area contributed by atoms with Crippen LogP contribution in [0.4, 0.5) is 19.0 Å². The fourth-order valence-electron chi connectivity index (χ4n) is 5.73. The molecule has 37 heavy (non-hydrogen) atoms. The molecule has 4 aliphatic rings. The Morgan fingerprint density at radius 3 is 2.46 bits per heavy atom.